The molecule has 0 aliphatic carbocycles. The van der Waals surface area contributed by atoms with Crippen LogP contribution in [0.15, 0.2) is 42.5 Å². The number of carbonyl (C=O) groups excluding carboxylic acids is 1. The lowest BCUT2D eigenvalue weighted by molar-refractivity contribution is -0.116. The van der Waals surface area contributed by atoms with Crippen molar-refractivity contribution in [3.8, 4) is 0 Å². The molecular weight excluding hydrogens is 330 g/mol. The molecule has 1 atom stereocenters. The first-order valence-corrected chi connectivity index (χ1v) is 8.41. The van der Waals surface area contributed by atoms with Crippen molar-refractivity contribution in [3.05, 3.63) is 52.5 Å². The van der Waals surface area contributed by atoms with Crippen LogP contribution in [0, 0.1) is 6.92 Å². The van der Waals surface area contributed by atoms with E-state index in [1.807, 2.05) is 32.0 Å². The standard InChI is InChI=1S/C17H16ClN3OS/c1-10(17(22)21-13-5-3-12(18)4-6-13)19-14-7-8-15-16(9-14)23-11(2)20-15/h3-10,19H,1-2H3,(H,21,22). The summed E-state index contributed by atoms with van der Waals surface area (Å²) in [5, 5.41) is 7.75. The molecule has 2 N–H and O–H groups in total. The van der Waals surface area contributed by atoms with Gasteiger partial charge in [-0.3, -0.25) is 4.79 Å². The van der Waals surface area contributed by atoms with Gasteiger partial charge in [0.1, 0.15) is 6.04 Å². The number of aromatic nitrogens is 1. The molecule has 1 heterocycles. The van der Waals surface area contributed by atoms with Crippen molar-refractivity contribution >= 4 is 50.4 Å². The zero-order valence-electron chi connectivity index (χ0n) is 12.8. The zero-order chi connectivity index (χ0) is 16.4. The number of nitrogens with zero attached hydrogens (tertiary/aromatic N) is 1. The third-order valence-electron chi connectivity index (χ3n) is 3.38. The molecule has 0 fully saturated rings. The Balaban J connectivity index is 1.67. The zero-order valence-corrected chi connectivity index (χ0v) is 14.3. The number of aryl methyl sites for hydroxylation is 1. The number of amides is 1. The molecule has 0 spiro atoms. The normalized spacial score (nSPS) is 12.1. The SMILES string of the molecule is Cc1nc2ccc(NC(C)C(=O)Nc3ccc(Cl)cc3)cc2s1. The molecule has 3 aromatic rings. The van der Waals surface area contributed by atoms with Gasteiger partial charge >= 0.3 is 0 Å². The number of benzene rings is 2. The minimum atomic E-state index is -0.364. The van der Waals surface area contributed by atoms with Gasteiger partial charge in [-0.05, 0) is 56.3 Å². The van der Waals surface area contributed by atoms with Gasteiger partial charge < -0.3 is 10.6 Å². The van der Waals surface area contributed by atoms with Crippen LogP contribution in [-0.2, 0) is 4.79 Å². The second-order valence-electron chi connectivity index (χ2n) is 5.28. The molecular formula is C17H16ClN3OS. The summed E-state index contributed by atoms with van der Waals surface area (Å²) < 4.78 is 1.11. The predicted molar refractivity (Wildman–Crippen MR) is 97.5 cm³/mol. The first kappa shape index (κ1) is 15.8. The maximum atomic E-state index is 12.3. The predicted octanol–water partition coefficient (Wildman–Crippen LogP) is 4.70. The number of nitrogens with one attached hydrogen (secondary N) is 2. The number of fused-ring (bicyclic) bond motifs is 1. The summed E-state index contributed by atoms with van der Waals surface area (Å²) in [6.45, 7) is 3.81. The van der Waals surface area contributed by atoms with Gasteiger partial charge in [-0.25, -0.2) is 4.98 Å². The first-order valence-electron chi connectivity index (χ1n) is 7.21. The van der Waals surface area contributed by atoms with Crippen LogP contribution in [0.25, 0.3) is 10.2 Å². The maximum Gasteiger partial charge on any atom is 0.246 e. The van der Waals surface area contributed by atoms with Crippen molar-refractivity contribution in [3.63, 3.8) is 0 Å². The number of anilines is 2. The smallest absolute Gasteiger partial charge is 0.246 e. The molecule has 0 aliphatic rings. The number of hydrogen-bond donors (Lipinski definition) is 2. The van der Waals surface area contributed by atoms with Gasteiger partial charge in [-0.1, -0.05) is 11.6 Å². The molecule has 2 aromatic carbocycles. The quantitative estimate of drug-likeness (QED) is 0.720. The highest BCUT2D eigenvalue weighted by Gasteiger charge is 2.13. The molecule has 1 unspecified atom stereocenters. The van der Waals surface area contributed by atoms with Gasteiger partial charge in [-0.15, -0.1) is 11.3 Å². The molecule has 3 rings (SSSR count). The lowest BCUT2D eigenvalue weighted by Gasteiger charge is -2.15. The number of rotatable bonds is 4. The molecule has 6 heteroatoms. The van der Waals surface area contributed by atoms with Crippen molar-refractivity contribution in [2.24, 2.45) is 0 Å². The van der Waals surface area contributed by atoms with Gasteiger partial charge in [0, 0.05) is 16.4 Å². The van der Waals surface area contributed by atoms with Gasteiger partial charge in [-0.2, -0.15) is 0 Å². The van der Waals surface area contributed by atoms with Crippen LogP contribution in [-0.4, -0.2) is 16.9 Å². The van der Waals surface area contributed by atoms with E-state index in [0.717, 1.165) is 26.6 Å². The van der Waals surface area contributed by atoms with E-state index in [4.69, 9.17) is 11.6 Å². The van der Waals surface area contributed by atoms with Crippen LogP contribution in [0.2, 0.25) is 5.02 Å². The summed E-state index contributed by atoms with van der Waals surface area (Å²) >= 11 is 7.48. The van der Waals surface area contributed by atoms with Crippen LogP contribution in [0.4, 0.5) is 11.4 Å². The average molecular weight is 346 g/mol. The second-order valence-corrected chi connectivity index (χ2v) is 6.95. The van der Waals surface area contributed by atoms with Crippen LogP contribution in [0.5, 0.6) is 0 Å². The van der Waals surface area contributed by atoms with Crippen molar-refractivity contribution in [1.82, 2.24) is 4.98 Å². The lowest BCUT2D eigenvalue weighted by Crippen LogP contribution is -2.31. The Labute approximate surface area is 143 Å². The summed E-state index contributed by atoms with van der Waals surface area (Å²) in [6.07, 6.45) is 0. The second kappa shape index (κ2) is 6.56. The Morgan fingerprint density at radius 2 is 1.87 bits per heavy atom. The molecule has 0 saturated carbocycles. The van der Waals surface area contributed by atoms with Gasteiger partial charge in [0.2, 0.25) is 5.91 Å². The van der Waals surface area contributed by atoms with Crippen molar-refractivity contribution in [1.29, 1.82) is 0 Å². The molecule has 0 radical (unpaired) electrons. The Morgan fingerprint density at radius 3 is 2.61 bits per heavy atom. The number of carbonyl (C=O) groups is 1. The highest BCUT2D eigenvalue weighted by molar-refractivity contribution is 7.18. The number of halogens is 1. The van der Waals surface area contributed by atoms with E-state index in [1.54, 1.807) is 35.6 Å². The van der Waals surface area contributed by atoms with Crippen LogP contribution in [0.1, 0.15) is 11.9 Å². The Morgan fingerprint density at radius 1 is 1.17 bits per heavy atom. The summed E-state index contributed by atoms with van der Waals surface area (Å²) in [5.74, 6) is -0.104. The Hall–Kier alpha value is -2.11. The summed E-state index contributed by atoms with van der Waals surface area (Å²) in [7, 11) is 0. The average Bonchev–Trinajstić information content (AvgIpc) is 2.88. The van der Waals surface area contributed by atoms with Crippen LogP contribution < -0.4 is 10.6 Å². The Kier molecular flexibility index (Phi) is 4.50. The maximum absolute atomic E-state index is 12.3. The fourth-order valence-corrected chi connectivity index (χ4v) is 3.22. The van der Waals surface area contributed by atoms with Crippen molar-refractivity contribution in [2.45, 2.75) is 19.9 Å². The topological polar surface area (TPSA) is 54.0 Å². The largest absolute Gasteiger partial charge is 0.374 e. The molecule has 0 bridgehead atoms. The van der Waals surface area contributed by atoms with E-state index in [0.29, 0.717) is 5.02 Å². The summed E-state index contributed by atoms with van der Waals surface area (Å²) in [5.41, 5.74) is 2.61. The lowest BCUT2D eigenvalue weighted by atomic mass is 10.2. The van der Waals surface area contributed by atoms with E-state index in [1.165, 1.54) is 0 Å². The molecule has 1 aromatic heterocycles. The van der Waals surface area contributed by atoms with Crippen LogP contribution in [0.3, 0.4) is 0 Å². The molecule has 0 aliphatic heterocycles. The summed E-state index contributed by atoms with van der Waals surface area (Å²) in [6, 6.07) is 12.6. The minimum absolute atomic E-state index is 0.104. The van der Waals surface area contributed by atoms with E-state index >= 15 is 0 Å². The highest BCUT2D eigenvalue weighted by atomic mass is 35.5. The third-order valence-corrected chi connectivity index (χ3v) is 4.57. The van der Waals surface area contributed by atoms with E-state index in [9.17, 15) is 4.79 Å². The number of hydrogen-bond acceptors (Lipinski definition) is 4. The molecule has 118 valence electrons. The fourth-order valence-electron chi connectivity index (χ4n) is 2.23. The molecule has 0 saturated heterocycles. The first-order chi connectivity index (χ1) is 11.0. The van der Waals surface area contributed by atoms with Gasteiger partial charge in [0.25, 0.3) is 0 Å². The molecule has 4 nitrogen and oxygen atoms in total. The molecule has 1 amide bonds. The third kappa shape index (κ3) is 3.81. The monoisotopic (exact) mass is 345 g/mol. The summed E-state index contributed by atoms with van der Waals surface area (Å²) in [4.78, 5) is 16.7. The number of thiazole rings is 1. The highest BCUT2D eigenvalue weighted by Crippen LogP contribution is 2.25. The molecule has 23 heavy (non-hydrogen) atoms. The van der Waals surface area contributed by atoms with E-state index < -0.39 is 0 Å². The fraction of sp³-hybridized carbons (Fsp3) is 0.176. The van der Waals surface area contributed by atoms with E-state index in [-0.39, 0.29) is 11.9 Å². The Bertz CT molecular complexity index is 845. The van der Waals surface area contributed by atoms with E-state index in [2.05, 4.69) is 15.6 Å². The minimum Gasteiger partial charge on any atom is -0.374 e. The van der Waals surface area contributed by atoms with Gasteiger partial charge in [0.15, 0.2) is 0 Å². The van der Waals surface area contributed by atoms with Crippen molar-refractivity contribution in [2.75, 3.05) is 10.6 Å². The van der Waals surface area contributed by atoms with Crippen LogP contribution >= 0.6 is 22.9 Å². The van der Waals surface area contributed by atoms with Crippen molar-refractivity contribution < 1.29 is 4.79 Å². The van der Waals surface area contributed by atoms with Gasteiger partial charge in [0.05, 0.1) is 15.2 Å².